The molecule has 104 valence electrons. The number of halogens is 1. The first-order valence-electron chi connectivity index (χ1n) is 6.30. The standard InChI is InChI=1S/C15H12FN5/c16-12-2-4-13(5-3-12)21-8-7-10-9-11(1-6-14(10)21)15(17)19-20-18/h1-9H,(H3,17,18,19)/p+1. The first-order valence-corrected chi connectivity index (χ1v) is 6.30. The monoisotopic (exact) mass is 282 g/mol. The summed E-state index contributed by atoms with van der Waals surface area (Å²) >= 11 is 0. The molecule has 1 aromatic heterocycles. The smallest absolute Gasteiger partial charge is 0.317 e. The topological polar surface area (TPSA) is 81.3 Å². The van der Waals surface area contributed by atoms with Crippen LogP contribution in [-0.2, 0) is 0 Å². The van der Waals surface area contributed by atoms with Gasteiger partial charge in [-0.05, 0) is 48.5 Å². The van der Waals surface area contributed by atoms with Gasteiger partial charge in [-0.25, -0.2) is 4.39 Å². The van der Waals surface area contributed by atoms with Crippen molar-refractivity contribution in [1.82, 2.24) is 4.57 Å². The molecule has 0 atom stereocenters. The fourth-order valence-corrected chi connectivity index (χ4v) is 2.25. The summed E-state index contributed by atoms with van der Waals surface area (Å²) < 4.78 is 15.0. The van der Waals surface area contributed by atoms with Crippen LogP contribution in [0.15, 0.2) is 65.1 Å². The second kappa shape index (κ2) is 5.16. The lowest BCUT2D eigenvalue weighted by molar-refractivity contribution is -0.114. The number of aromatic nitrogens is 1. The van der Waals surface area contributed by atoms with Crippen molar-refractivity contribution in [3.8, 4) is 5.69 Å². The third-order valence-electron chi connectivity index (χ3n) is 3.26. The molecular weight excluding hydrogens is 269 g/mol. The Morgan fingerprint density at radius 3 is 2.57 bits per heavy atom. The van der Waals surface area contributed by atoms with E-state index in [1.54, 1.807) is 12.1 Å². The number of rotatable bonds is 2. The third-order valence-corrected chi connectivity index (χ3v) is 3.26. The molecule has 2 aromatic carbocycles. The van der Waals surface area contributed by atoms with Crippen LogP contribution in [0.4, 0.5) is 4.39 Å². The molecule has 3 aromatic rings. The molecule has 21 heavy (non-hydrogen) atoms. The van der Waals surface area contributed by atoms with E-state index in [4.69, 9.17) is 11.3 Å². The Morgan fingerprint density at radius 1 is 1.10 bits per heavy atom. The zero-order valence-electron chi connectivity index (χ0n) is 11.1. The van der Waals surface area contributed by atoms with Crippen LogP contribution < -0.4 is 11.3 Å². The second-order valence-electron chi connectivity index (χ2n) is 4.54. The van der Waals surface area contributed by atoms with Gasteiger partial charge in [-0.1, -0.05) is 0 Å². The van der Waals surface area contributed by atoms with E-state index in [1.807, 2.05) is 35.0 Å². The van der Waals surface area contributed by atoms with Crippen LogP contribution in [0.2, 0.25) is 0 Å². The maximum Gasteiger partial charge on any atom is 0.350 e. The van der Waals surface area contributed by atoms with Gasteiger partial charge in [0.2, 0.25) is 0 Å². The number of hydrogen-bond acceptors (Lipinski definition) is 1. The molecule has 6 heteroatoms. The van der Waals surface area contributed by atoms with Crippen LogP contribution in [0.3, 0.4) is 0 Å². The Bertz CT molecular complexity index is 833. The van der Waals surface area contributed by atoms with Crippen LogP contribution in [-0.4, -0.2) is 10.4 Å². The van der Waals surface area contributed by atoms with Crippen LogP contribution in [0.5, 0.6) is 0 Å². The van der Waals surface area contributed by atoms with E-state index in [0.29, 0.717) is 0 Å². The predicted octanol–water partition coefficient (Wildman–Crippen LogP) is 1.60. The normalized spacial score (nSPS) is 11.3. The third kappa shape index (κ3) is 2.38. The minimum atomic E-state index is -0.257. The average molecular weight is 282 g/mol. The molecule has 0 fully saturated rings. The number of nitrogens with zero attached hydrogens (tertiary/aromatic N) is 3. The quantitative estimate of drug-likeness (QED) is 0.242. The van der Waals surface area contributed by atoms with Gasteiger partial charge < -0.3 is 4.57 Å². The van der Waals surface area contributed by atoms with E-state index in [1.165, 1.54) is 12.1 Å². The number of hydrogen-bond donors (Lipinski definition) is 2. The molecular formula is C15H13FN5+. The van der Waals surface area contributed by atoms with Crippen molar-refractivity contribution >= 4 is 16.7 Å². The predicted molar refractivity (Wildman–Crippen MR) is 78.3 cm³/mol. The van der Waals surface area contributed by atoms with Crippen molar-refractivity contribution in [2.45, 2.75) is 0 Å². The van der Waals surface area contributed by atoms with E-state index in [-0.39, 0.29) is 11.7 Å². The van der Waals surface area contributed by atoms with Gasteiger partial charge in [0.25, 0.3) is 0 Å². The largest absolute Gasteiger partial charge is 0.350 e. The van der Waals surface area contributed by atoms with Crippen molar-refractivity contribution < 1.29 is 9.80 Å². The van der Waals surface area contributed by atoms with E-state index >= 15 is 0 Å². The Morgan fingerprint density at radius 2 is 1.86 bits per heavy atom. The summed E-state index contributed by atoms with van der Waals surface area (Å²) in [5, 5.41) is 13.6. The Balaban J connectivity index is 2.07. The SMILES string of the molecule is NN=NC(=[NH2+])c1ccc2c(ccn2-c2ccc(F)cc2)c1. The molecule has 0 saturated heterocycles. The zero-order chi connectivity index (χ0) is 14.8. The van der Waals surface area contributed by atoms with Gasteiger partial charge >= 0.3 is 5.84 Å². The van der Waals surface area contributed by atoms with Crippen molar-refractivity contribution in [2.24, 2.45) is 16.2 Å². The number of fused-ring (bicyclic) bond motifs is 1. The molecule has 0 amide bonds. The fraction of sp³-hybridized carbons (Fsp3) is 0. The molecule has 0 aliphatic heterocycles. The summed E-state index contributed by atoms with van der Waals surface area (Å²) in [6.07, 6.45) is 1.92. The number of benzene rings is 2. The van der Waals surface area contributed by atoms with Crippen LogP contribution in [0, 0.1) is 5.82 Å². The van der Waals surface area contributed by atoms with Gasteiger partial charge in [0.05, 0.1) is 16.2 Å². The van der Waals surface area contributed by atoms with Gasteiger partial charge in [-0.15, -0.1) is 0 Å². The number of nitrogens with two attached hydrogens (primary N) is 2. The summed E-state index contributed by atoms with van der Waals surface area (Å²) in [6.45, 7) is 0. The maximum absolute atomic E-state index is 13.0. The maximum atomic E-state index is 13.0. The first kappa shape index (κ1) is 13.0. The van der Waals surface area contributed by atoms with Crippen LogP contribution in [0.1, 0.15) is 5.56 Å². The summed E-state index contributed by atoms with van der Waals surface area (Å²) in [4.78, 5) is 0. The molecule has 0 spiro atoms. The highest BCUT2D eigenvalue weighted by Crippen LogP contribution is 2.22. The molecule has 1 heterocycles. The molecule has 3 rings (SSSR count). The van der Waals surface area contributed by atoms with E-state index in [9.17, 15) is 4.39 Å². The summed E-state index contributed by atoms with van der Waals surface area (Å²) in [5.74, 6) is 5.00. The highest BCUT2D eigenvalue weighted by molar-refractivity contribution is 5.98. The summed E-state index contributed by atoms with van der Waals surface area (Å²) in [5.41, 5.74) is 2.62. The van der Waals surface area contributed by atoms with Crippen molar-refractivity contribution in [1.29, 1.82) is 0 Å². The lowest BCUT2D eigenvalue weighted by atomic mass is 10.1. The molecule has 0 aliphatic carbocycles. The first-order chi connectivity index (χ1) is 10.2. The minimum absolute atomic E-state index is 0.257. The Labute approximate surface area is 120 Å². The van der Waals surface area contributed by atoms with Gasteiger partial charge in [0.1, 0.15) is 5.82 Å². The van der Waals surface area contributed by atoms with Crippen LogP contribution >= 0.6 is 0 Å². The Hall–Kier alpha value is -3.02. The molecule has 0 unspecified atom stereocenters. The second-order valence-corrected chi connectivity index (χ2v) is 4.54. The zero-order valence-corrected chi connectivity index (χ0v) is 11.1. The van der Waals surface area contributed by atoms with E-state index in [2.05, 4.69) is 10.3 Å². The molecule has 0 saturated carbocycles. The lowest BCUT2D eigenvalue weighted by Crippen LogP contribution is -2.38. The highest BCUT2D eigenvalue weighted by Gasteiger charge is 2.11. The summed E-state index contributed by atoms with van der Waals surface area (Å²) in [6, 6.07) is 13.9. The van der Waals surface area contributed by atoms with Gasteiger partial charge in [-0.2, -0.15) is 0 Å². The molecule has 0 aliphatic rings. The van der Waals surface area contributed by atoms with E-state index in [0.717, 1.165) is 22.2 Å². The van der Waals surface area contributed by atoms with Crippen molar-refractivity contribution in [3.05, 3.63) is 66.1 Å². The minimum Gasteiger partial charge on any atom is -0.317 e. The lowest BCUT2D eigenvalue weighted by Gasteiger charge is -2.05. The van der Waals surface area contributed by atoms with Crippen LogP contribution in [0.25, 0.3) is 16.6 Å². The summed E-state index contributed by atoms with van der Waals surface area (Å²) in [7, 11) is 0. The fourth-order valence-electron chi connectivity index (χ4n) is 2.25. The molecule has 0 bridgehead atoms. The average Bonchev–Trinajstić information content (AvgIpc) is 2.91. The highest BCUT2D eigenvalue weighted by atomic mass is 19.1. The Kier molecular flexibility index (Phi) is 3.19. The molecule has 0 radical (unpaired) electrons. The van der Waals surface area contributed by atoms with Crippen molar-refractivity contribution in [2.75, 3.05) is 0 Å². The number of amidine groups is 1. The van der Waals surface area contributed by atoms with Gasteiger partial charge in [0.15, 0.2) is 0 Å². The molecule has 4 N–H and O–H groups in total. The van der Waals surface area contributed by atoms with E-state index < -0.39 is 0 Å². The molecule has 5 nitrogen and oxygen atoms in total. The van der Waals surface area contributed by atoms with Gasteiger partial charge in [-0.3, -0.25) is 11.3 Å². The van der Waals surface area contributed by atoms with Crippen molar-refractivity contribution in [3.63, 3.8) is 0 Å². The van der Waals surface area contributed by atoms with Gasteiger partial charge in [0, 0.05) is 22.5 Å².